The number of aliphatic hydroxyl groups is 4. The van der Waals surface area contributed by atoms with Gasteiger partial charge >= 0.3 is 5.97 Å². The van der Waals surface area contributed by atoms with Crippen LogP contribution in [0.1, 0.15) is 271 Å². The number of esters is 1. The van der Waals surface area contributed by atoms with Crippen LogP contribution in [-0.4, -0.2) is 89.6 Å². The van der Waals surface area contributed by atoms with Crippen molar-refractivity contribution >= 4 is 5.97 Å². The van der Waals surface area contributed by atoms with E-state index in [9.17, 15) is 25.2 Å². The molecule has 72 heavy (non-hydrogen) atoms. The number of rotatable bonds is 53. The van der Waals surface area contributed by atoms with E-state index in [1.54, 1.807) is 0 Å². The quantitative estimate of drug-likeness (QED) is 0.0267. The highest BCUT2D eigenvalue weighted by atomic mass is 16.7. The molecule has 1 heterocycles. The highest BCUT2D eigenvalue weighted by Gasteiger charge is 2.44. The van der Waals surface area contributed by atoms with E-state index in [2.05, 4.69) is 74.6 Å². The molecule has 0 spiro atoms. The molecule has 0 saturated carbocycles. The van der Waals surface area contributed by atoms with E-state index < -0.39 is 43.4 Å². The summed E-state index contributed by atoms with van der Waals surface area (Å²) in [5.74, 6) is -0.312. The van der Waals surface area contributed by atoms with Gasteiger partial charge in [0.15, 0.2) is 6.29 Å². The van der Waals surface area contributed by atoms with E-state index in [4.69, 9.17) is 18.9 Å². The molecule has 420 valence electrons. The minimum absolute atomic E-state index is 0.114. The highest BCUT2D eigenvalue weighted by Crippen LogP contribution is 2.23. The second-order valence-corrected chi connectivity index (χ2v) is 20.8. The molecule has 9 heteroatoms. The maximum atomic E-state index is 12.9. The molecule has 1 rings (SSSR count). The Balaban J connectivity index is 2.13. The van der Waals surface area contributed by atoms with Gasteiger partial charge in [-0.2, -0.15) is 0 Å². The molecule has 6 atom stereocenters. The summed E-state index contributed by atoms with van der Waals surface area (Å²) >= 11 is 0. The third-order valence-corrected chi connectivity index (χ3v) is 13.9. The Kier molecular flexibility index (Phi) is 50.7. The minimum atomic E-state index is -1.54. The van der Waals surface area contributed by atoms with Gasteiger partial charge in [0.25, 0.3) is 0 Å². The number of ether oxygens (including phenoxy) is 4. The van der Waals surface area contributed by atoms with Crippen LogP contribution in [0.4, 0.5) is 0 Å². The number of hydrogen-bond donors (Lipinski definition) is 4. The van der Waals surface area contributed by atoms with Crippen molar-refractivity contribution in [3.05, 3.63) is 60.8 Å². The van der Waals surface area contributed by atoms with Crippen molar-refractivity contribution in [2.45, 2.75) is 307 Å². The fourth-order valence-corrected chi connectivity index (χ4v) is 9.25. The summed E-state index contributed by atoms with van der Waals surface area (Å²) < 4.78 is 23.0. The summed E-state index contributed by atoms with van der Waals surface area (Å²) in [6, 6.07) is 0. The van der Waals surface area contributed by atoms with Crippen molar-refractivity contribution in [1.82, 2.24) is 0 Å². The lowest BCUT2D eigenvalue weighted by Crippen LogP contribution is -2.59. The summed E-state index contributed by atoms with van der Waals surface area (Å²) in [4.78, 5) is 12.9. The van der Waals surface area contributed by atoms with Gasteiger partial charge in [-0.05, 0) is 77.0 Å². The van der Waals surface area contributed by atoms with Gasteiger partial charge in [0.1, 0.15) is 30.5 Å². The predicted molar refractivity (Wildman–Crippen MR) is 302 cm³/mol. The van der Waals surface area contributed by atoms with E-state index in [0.717, 1.165) is 57.8 Å². The first-order chi connectivity index (χ1) is 35.4. The number of aliphatic hydroxyl groups excluding tert-OH is 4. The van der Waals surface area contributed by atoms with Gasteiger partial charge in [0, 0.05) is 13.0 Å². The average Bonchev–Trinajstić information content (AvgIpc) is 3.38. The van der Waals surface area contributed by atoms with Crippen molar-refractivity contribution in [3.8, 4) is 0 Å². The van der Waals surface area contributed by atoms with E-state index in [1.165, 1.54) is 193 Å². The minimum Gasteiger partial charge on any atom is -0.457 e. The molecule has 0 aromatic rings. The van der Waals surface area contributed by atoms with Gasteiger partial charge in [0.05, 0.1) is 19.8 Å². The van der Waals surface area contributed by atoms with Crippen molar-refractivity contribution in [2.75, 3.05) is 26.4 Å². The van der Waals surface area contributed by atoms with Crippen molar-refractivity contribution < 1.29 is 44.2 Å². The summed E-state index contributed by atoms with van der Waals surface area (Å²) in [7, 11) is 0. The van der Waals surface area contributed by atoms with Gasteiger partial charge < -0.3 is 39.4 Å². The Morgan fingerprint density at radius 2 is 0.847 bits per heavy atom. The third-order valence-electron chi connectivity index (χ3n) is 13.9. The molecule has 0 amide bonds. The van der Waals surface area contributed by atoms with Gasteiger partial charge in [0.2, 0.25) is 0 Å². The van der Waals surface area contributed by atoms with Crippen LogP contribution in [0, 0.1) is 0 Å². The maximum absolute atomic E-state index is 12.9. The zero-order valence-corrected chi connectivity index (χ0v) is 46.7. The first kappa shape index (κ1) is 67.9. The molecule has 4 N–H and O–H groups in total. The van der Waals surface area contributed by atoms with Gasteiger partial charge in [-0.1, -0.05) is 248 Å². The number of carbonyl (C=O) groups is 1. The van der Waals surface area contributed by atoms with Crippen LogP contribution in [0.25, 0.3) is 0 Å². The molecule has 9 nitrogen and oxygen atoms in total. The Labute approximate surface area is 443 Å². The third kappa shape index (κ3) is 43.2. The second kappa shape index (κ2) is 53.7. The largest absolute Gasteiger partial charge is 0.457 e. The molecular formula is C63H114O9. The Hall–Kier alpha value is -2.11. The number of carbonyl (C=O) groups excluding carboxylic acids is 1. The zero-order valence-electron chi connectivity index (χ0n) is 46.7. The monoisotopic (exact) mass is 1010 g/mol. The molecule has 1 saturated heterocycles. The Bertz CT molecular complexity index is 1290. The van der Waals surface area contributed by atoms with E-state index in [1.807, 2.05) is 0 Å². The zero-order chi connectivity index (χ0) is 52.1. The molecule has 0 bridgehead atoms. The van der Waals surface area contributed by atoms with Crippen LogP contribution in [0.5, 0.6) is 0 Å². The van der Waals surface area contributed by atoms with Gasteiger partial charge in [-0.25, -0.2) is 0 Å². The topological polar surface area (TPSA) is 135 Å². The van der Waals surface area contributed by atoms with Crippen LogP contribution in [0.15, 0.2) is 60.8 Å². The smallest absolute Gasteiger partial charge is 0.306 e. The van der Waals surface area contributed by atoms with E-state index in [0.29, 0.717) is 13.0 Å². The van der Waals surface area contributed by atoms with Crippen LogP contribution >= 0.6 is 0 Å². The molecular weight excluding hydrogens is 901 g/mol. The summed E-state index contributed by atoms with van der Waals surface area (Å²) in [6.45, 7) is 4.48. The molecule has 0 aliphatic carbocycles. The summed E-state index contributed by atoms with van der Waals surface area (Å²) in [5.41, 5.74) is 0. The van der Waals surface area contributed by atoms with Crippen molar-refractivity contribution in [2.24, 2.45) is 0 Å². The van der Waals surface area contributed by atoms with Gasteiger partial charge in [-0.15, -0.1) is 0 Å². The number of unbranched alkanes of at least 4 members (excludes halogenated alkanes) is 32. The van der Waals surface area contributed by atoms with E-state index >= 15 is 0 Å². The standard InChI is InChI=1S/C63H114O9/c1-3-5-7-9-11-13-15-17-19-21-23-25-27-28-29-31-33-35-37-39-41-43-45-47-49-51-53-69-55-57(56-70-63-62(68)61(67)60(66)58(54-64)72-63)71-59(65)52-50-48-46-44-42-40-38-36-34-32-30-26-24-22-20-18-16-14-12-10-8-6-4-2/h5,7,11,13,17,19,22-25,57-58,60-64,66-68H,3-4,6,8-10,12,14-16,18,20-21,26-56H2,1-2H3/b7-5-,13-11-,19-17-,24-22-,25-23-. The van der Waals surface area contributed by atoms with Crippen LogP contribution < -0.4 is 0 Å². The fourth-order valence-electron chi connectivity index (χ4n) is 9.25. The van der Waals surface area contributed by atoms with Crippen molar-refractivity contribution in [3.63, 3.8) is 0 Å². The molecule has 0 aromatic carbocycles. The normalized spacial score (nSPS) is 19.1. The number of hydrogen-bond acceptors (Lipinski definition) is 9. The van der Waals surface area contributed by atoms with Crippen LogP contribution in [0.3, 0.4) is 0 Å². The fraction of sp³-hybridized carbons (Fsp3) is 0.825. The lowest BCUT2D eigenvalue weighted by molar-refractivity contribution is -0.305. The second-order valence-electron chi connectivity index (χ2n) is 20.8. The number of allylic oxidation sites excluding steroid dienone is 10. The Morgan fingerprint density at radius 3 is 1.29 bits per heavy atom. The predicted octanol–water partition coefficient (Wildman–Crippen LogP) is 16.2. The summed E-state index contributed by atoms with van der Waals surface area (Å²) in [6.07, 6.45) is 64.2. The summed E-state index contributed by atoms with van der Waals surface area (Å²) in [5, 5.41) is 40.4. The molecule has 0 radical (unpaired) electrons. The lowest BCUT2D eigenvalue weighted by atomic mass is 9.99. The Morgan fingerprint density at radius 1 is 0.458 bits per heavy atom. The van der Waals surface area contributed by atoms with Crippen LogP contribution in [-0.2, 0) is 23.7 Å². The first-order valence-electron chi connectivity index (χ1n) is 30.4. The highest BCUT2D eigenvalue weighted by molar-refractivity contribution is 5.69. The van der Waals surface area contributed by atoms with E-state index in [-0.39, 0.29) is 19.2 Å². The first-order valence-corrected chi connectivity index (χ1v) is 30.4. The maximum Gasteiger partial charge on any atom is 0.306 e. The molecule has 1 aliphatic heterocycles. The molecule has 1 fully saturated rings. The molecule has 1 aliphatic rings. The molecule has 6 unspecified atom stereocenters. The van der Waals surface area contributed by atoms with Crippen molar-refractivity contribution in [1.29, 1.82) is 0 Å². The van der Waals surface area contributed by atoms with Crippen LogP contribution in [0.2, 0.25) is 0 Å². The van der Waals surface area contributed by atoms with Gasteiger partial charge in [-0.3, -0.25) is 4.79 Å². The SMILES string of the molecule is CC/C=C\C/C=C\C/C=C\C/C=C\CCCCCCCCCCCCCCCOCC(COC1OC(CO)C(O)C(O)C1O)OC(=O)CCCCCCCCCCCCC/C=C\CCCCCCCCCC. The molecule has 0 aromatic heterocycles. The lowest BCUT2D eigenvalue weighted by Gasteiger charge is -2.39. The average molecular weight is 1020 g/mol.